The highest BCUT2D eigenvalue weighted by Crippen LogP contribution is 2.29. The van der Waals surface area contributed by atoms with Gasteiger partial charge < -0.3 is 4.74 Å². The molecule has 0 unspecified atom stereocenters. The Morgan fingerprint density at radius 1 is 1.05 bits per heavy atom. The number of fused-ring (bicyclic) bond motifs is 1. The van der Waals surface area contributed by atoms with E-state index in [9.17, 15) is 9.59 Å². The Labute approximate surface area is 125 Å². The smallest absolute Gasteiger partial charge is 0.308 e. The molecule has 2 aromatic carbocycles. The molecule has 0 atom stereocenters. The molecule has 1 aromatic heterocycles. The van der Waals surface area contributed by atoms with Crippen LogP contribution >= 0.6 is 11.3 Å². The summed E-state index contributed by atoms with van der Waals surface area (Å²) in [4.78, 5) is 23.9. The molecule has 0 aliphatic carbocycles. The van der Waals surface area contributed by atoms with Crippen LogP contribution in [-0.2, 0) is 4.79 Å². The Hall–Kier alpha value is -2.46. The maximum Gasteiger partial charge on any atom is 0.308 e. The maximum absolute atomic E-state index is 12.1. The molecular formula is C17H12O3S. The van der Waals surface area contributed by atoms with Crippen molar-refractivity contribution in [1.82, 2.24) is 0 Å². The van der Waals surface area contributed by atoms with E-state index >= 15 is 0 Å². The van der Waals surface area contributed by atoms with Gasteiger partial charge in [0.2, 0.25) is 0 Å². The first-order valence-electron chi connectivity index (χ1n) is 6.45. The number of hydrogen-bond acceptors (Lipinski definition) is 4. The molecule has 3 nitrogen and oxygen atoms in total. The predicted octanol–water partition coefficient (Wildman–Crippen LogP) is 3.85. The molecule has 0 amide bonds. The summed E-state index contributed by atoms with van der Waals surface area (Å²) in [5.41, 5.74) is 0.946. The van der Waals surface area contributed by atoms with Crippen molar-refractivity contribution >= 4 is 27.4 Å². The Bertz CT molecular complexity index is 863. The fourth-order valence-electron chi connectivity index (χ4n) is 2.10. The van der Waals surface area contributed by atoms with Crippen molar-refractivity contribution in [3.8, 4) is 16.2 Å². The van der Waals surface area contributed by atoms with Crippen LogP contribution in [0.3, 0.4) is 0 Å². The van der Waals surface area contributed by atoms with Crippen molar-refractivity contribution < 1.29 is 9.53 Å². The molecule has 0 N–H and O–H groups in total. The number of ether oxygens (including phenoxy) is 1. The van der Waals surface area contributed by atoms with Crippen LogP contribution in [0.25, 0.3) is 20.5 Å². The van der Waals surface area contributed by atoms with Crippen LogP contribution in [0.1, 0.15) is 6.92 Å². The van der Waals surface area contributed by atoms with Gasteiger partial charge in [-0.2, -0.15) is 0 Å². The van der Waals surface area contributed by atoms with Gasteiger partial charge in [-0.3, -0.25) is 9.59 Å². The average Bonchev–Trinajstić information content (AvgIpc) is 2.47. The molecule has 0 fully saturated rings. The lowest BCUT2D eigenvalue weighted by Crippen LogP contribution is -2.01. The molecule has 4 heteroatoms. The van der Waals surface area contributed by atoms with Gasteiger partial charge in [0.25, 0.3) is 0 Å². The largest absolute Gasteiger partial charge is 0.427 e. The average molecular weight is 296 g/mol. The summed E-state index contributed by atoms with van der Waals surface area (Å²) < 4.78 is 5.96. The zero-order chi connectivity index (χ0) is 14.8. The molecule has 0 bridgehead atoms. The van der Waals surface area contributed by atoms with Gasteiger partial charge in [-0.25, -0.2) is 0 Å². The molecule has 0 radical (unpaired) electrons. The van der Waals surface area contributed by atoms with Crippen LogP contribution in [0.5, 0.6) is 5.75 Å². The number of esters is 1. The van der Waals surface area contributed by atoms with Crippen molar-refractivity contribution in [1.29, 1.82) is 0 Å². The fourth-order valence-corrected chi connectivity index (χ4v) is 3.18. The van der Waals surface area contributed by atoms with Gasteiger partial charge in [0.15, 0.2) is 5.43 Å². The third-order valence-corrected chi connectivity index (χ3v) is 4.18. The first kappa shape index (κ1) is 13.5. The van der Waals surface area contributed by atoms with Gasteiger partial charge in [-0.1, -0.05) is 12.1 Å². The highest BCUT2D eigenvalue weighted by Gasteiger charge is 2.05. The van der Waals surface area contributed by atoms with E-state index in [-0.39, 0.29) is 11.4 Å². The Morgan fingerprint density at radius 2 is 1.76 bits per heavy atom. The molecule has 0 spiro atoms. The number of carbonyl (C=O) groups excluding carboxylic acids is 1. The minimum Gasteiger partial charge on any atom is -0.427 e. The monoisotopic (exact) mass is 296 g/mol. The number of carbonyl (C=O) groups is 1. The Balaban J connectivity index is 2.04. The van der Waals surface area contributed by atoms with Crippen LogP contribution in [0, 0.1) is 0 Å². The maximum atomic E-state index is 12.1. The second-order valence-corrected chi connectivity index (χ2v) is 5.67. The van der Waals surface area contributed by atoms with E-state index < -0.39 is 0 Å². The second-order valence-electron chi connectivity index (χ2n) is 4.59. The summed E-state index contributed by atoms with van der Waals surface area (Å²) >= 11 is 1.57. The van der Waals surface area contributed by atoms with E-state index in [1.807, 2.05) is 36.4 Å². The summed E-state index contributed by atoms with van der Waals surface area (Å²) in [6.07, 6.45) is 0. The van der Waals surface area contributed by atoms with Gasteiger partial charge in [0.05, 0.1) is 0 Å². The highest BCUT2D eigenvalue weighted by molar-refractivity contribution is 7.21. The van der Waals surface area contributed by atoms with Gasteiger partial charge in [-0.15, -0.1) is 11.3 Å². The predicted molar refractivity (Wildman–Crippen MR) is 84.8 cm³/mol. The lowest BCUT2D eigenvalue weighted by Gasteiger charge is -2.05. The molecule has 21 heavy (non-hydrogen) atoms. The molecule has 104 valence electrons. The Morgan fingerprint density at radius 3 is 2.48 bits per heavy atom. The van der Waals surface area contributed by atoms with Gasteiger partial charge in [0, 0.05) is 28.0 Å². The zero-order valence-electron chi connectivity index (χ0n) is 11.3. The summed E-state index contributed by atoms with van der Waals surface area (Å²) in [5, 5.41) is 0.739. The van der Waals surface area contributed by atoms with Gasteiger partial charge >= 0.3 is 5.97 Å². The summed E-state index contributed by atoms with van der Waals surface area (Å²) in [6, 6.07) is 16.4. The van der Waals surface area contributed by atoms with E-state index in [0.29, 0.717) is 5.75 Å². The van der Waals surface area contributed by atoms with E-state index in [0.717, 1.165) is 20.5 Å². The van der Waals surface area contributed by atoms with E-state index in [1.54, 1.807) is 29.5 Å². The van der Waals surface area contributed by atoms with Crippen molar-refractivity contribution in [2.45, 2.75) is 6.92 Å². The number of hydrogen-bond donors (Lipinski definition) is 0. The first-order chi connectivity index (χ1) is 10.1. The first-order valence-corrected chi connectivity index (χ1v) is 7.27. The quantitative estimate of drug-likeness (QED) is 0.533. The van der Waals surface area contributed by atoms with Crippen molar-refractivity contribution in [3.05, 3.63) is 64.8 Å². The summed E-state index contributed by atoms with van der Waals surface area (Å²) in [7, 11) is 0. The standard InChI is InChI=1S/C17H12O3S/c1-11(18)20-13-8-6-12(7-9-13)17-10-15(19)14-4-2-3-5-16(14)21-17/h2-10H,1H3. The third-order valence-electron chi connectivity index (χ3n) is 3.04. The van der Waals surface area contributed by atoms with E-state index in [2.05, 4.69) is 0 Å². The van der Waals surface area contributed by atoms with Crippen molar-refractivity contribution in [3.63, 3.8) is 0 Å². The van der Waals surface area contributed by atoms with Crippen LogP contribution in [0.4, 0.5) is 0 Å². The molecular weight excluding hydrogens is 284 g/mol. The summed E-state index contributed by atoms with van der Waals surface area (Å²) in [5.74, 6) is 0.150. The van der Waals surface area contributed by atoms with Crippen LogP contribution in [-0.4, -0.2) is 5.97 Å². The minimum atomic E-state index is -0.349. The minimum absolute atomic E-state index is 0.0170. The highest BCUT2D eigenvalue weighted by atomic mass is 32.1. The molecule has 1 heterocycles. The normalized spacial score (nSPS) is 10.5. The van der Waals surface area contributed by atoms with E-state index in [4.69, 9.17) is 4.74 Å². The lowest BCUT2D eigenvalue weighted by atomic mass is 10.1. The molecule has 0 aliphatic rings. The van der Waals surface area contributed by atoms with Gasteiger partial charge in [0.1, 0.15) is 5.75 Å². The van der Waals surface area contributed by atoms with Crippen molar-refractivity contribution in [2.24, 2.45) is 0 Å². The third kappa shape index (κ3) is 2.85. The van der Waals surface area contributed by atoms with Crippen LogP contribution < -0.4 is 10.2 Å². The number of benzene rings is 2. The molecule has 0 aliphatic heterocycles. The topological polar surface area (TPSA) is 43.4 Å². The summed E-state index contributed by atoms with van der Waals surface area (Å²) in [6.45, 7) is 1.36. The Kier molecular flexibility index (Phi) is 3.54. The van der Waals surface area contributed by atoms with Crippen LogP contribution in [0.2, 0.25) is 0 Å². The molecule has 3 rings (SSSR count). The molecule has 3 aromatic rings. The number of rotatable bonds is 2. The molecule has 0 saturated carbocycles. The lowest BCUT2D eigenvalue weighted by molar-refractivity contribution is -0.131. The van der Waals surface area contributed by atoms with Crippen molar-refractivity contribution in [2.75, 3.05) is 0 Å². The SMILES string of the molecule is CC(=O)Oc1ccc(-c2cc(=O)c3ccccc3s2)cc1. The van der Waals surface area contributed by atoms with Gasteiger partial charge in [-0.05, 0) is 42.0 Å². The second kappa shape index (κ2) is 5.50. The zero-order valence-corrected chi connectivity index (χ0v) is 12.1. The molecule has 0 saturated heterocycles. The van der Waals surface area contributed by atoms with Crippen LogP contribution in [0.15, 0.2) is 59.4 Å². The van der Waals surface area contributed by atoms with E-state index in [1.165, 1.54) is 6.92 Å². The fraction of sp³-hybridized carbons (Fsp3) is 0.0588.